The first-order valence-electron chi connectivity index (χ1n) is 5.25. The van der Waals surface area contributed by atoms with Crippen LogP contribution in [0.4, 0.5) is 5.69 Å². The summed E-state index contributed by atoms with van der Waals surface area (Å²) in [6.07, 6.45) is 2.29. The van der Waals surface area contributed by atoms with Gasteiger partial charge in [-0.2, -0.15) is 0 Å². The molecular weight excluding hydrogens is 258 g/mol. The van der Waals surface area contributed by atoms with Crippen molar-refractivity contribution in [3.8, 4) is 0 Å². The molecule has 7 heteroatoms. The average molecular weight is 268 g/mol. The Morgan fingerprint density at radius 3 is 2.94 bits per heavy atom. The maximum absolute atomic E-state index is 6.12. The van der Waals surface area contributed by atoms with Gasteiger partial charge in [-0.15, -0.1) is 5.10 Å². The number of halogens is 1. The number of tetrazole rings is 1. The summed E-state index contributed by atoms with van der Waals surface area (Å²) in [6, 6.07) is 5.89. The van der Waals surface area contributed by atoms with E-state index in [0.717, 1.165) is 22.9 Å². The summed E-state index contributed by atoms with van der Waals surface area (Å²) >= 11 is 7.58. The molecule has 0 radical (unpaired) electrons. The molecule has 2 N–H and O–H groups in total. The second-order valence-electron chi connectivity index (χ2n) is 3.93. The third-order valence-corrected chi connectivity index (χ3v) is 3.96. The van der Waals surface area contributed by atoms with Crippen molar-refractivity contribution in [2.75, 3.05) is 5.73 Å². The van der Waals surface area contributed by atoms with Crippen LogP contribution < -0.4 is 5.73 Å². The summed E-state index contributed by atoms with van der Waals surface area (Å²) in [5.74, 6) is 0. The summed E-state index contributed by atoms with van der Waals surface area (Å²) in [5, 5.41) is 13.1. The molecular formula is C10H10ClN5S. The van der Waals surface area contributed by atoms with Crippen molar-refractivity contribution in [3.63, 3.8) is 0 Å². The van der Waals surface area contributed by atoms with E-state index in [9.17, 15) is 0 Å². The Kier molecular flexibility index (Phi) is 2.68. The fourth-order valence-electron chi connectivity index (χ4n) is 1.50. The molecule has 1 aliphatic carbocycles. The highest BCUT2D eigenvalue weighted by molar-refractivity contribution is 7.99. The first-order chi connectivity index (χ1) is 8.24. The minimum Gasteiger partial charge on any atom is -0.399 e. The molecule has 0 aliphatic heterocycles. The highest BCUT2D eigenvalue weighted by Crippen LogP contribution is 2.39. The number of nitrogens with zero attached hydrogens (tertiary/aromatic N) is 4. The minimum atomic E-state index is 0.458. The summed E-state index contributed by atoms with van der Waals surface area (Å²) in [6.45, 7) is 0. The Balaban J connectivity index is 1.88. The second-order valence-corrected chi connectivity index (χ2v) is 5.35. The van der Waals surface area contributed by atoms with Gasteiger partial charge < -0.3 is 5.73 Å². The van der Waals surface area contributed by atoms with Crippen LogP contribution in [0.5, 0.6) is 0 Å². The van der Waals surface area contributed by atoms with Gasteiger partial charge in [-0.05, 0) is 53.2 Å². The molecule has 0 spiro atoms. The van der Waals surface area contributed by atoms with Crippen molar-refractivity contribution in [2.45, 2.75) is 28.9 Å². The zero-order valence-corrected chi connectivity index (χ0v) is 10.4. The Morgan fingerprint density at radius 2 is 2.24 bits per heavy atom. The maximum atomic E-state index is 6.12. The van der Waals surface area contributed by atoms with Gasteiger partial charge in [0.05, 0.1) is 11.1 Å². The van der Waals surface area contributed by atoms with E-state index < -0.39 is 0 Å². The van der Waals surface area contributed by atoms with Gasteiger partial charge in [0.2, 0.25) is 5.16 Å². The number of rotatable bonds is 3. The van der Waals surface area contributed by atoms with Crippen LogP contribution in [0.2, 0.25) is 5.02 Å². The third kappa shape index (κ3) is 2.23. The summed E-state index contributed by atoms with van der Waals surface area (Å²) in [4.78, 5) is 0.914. The van der Waals surface area contributed by atoms with E-state index in [1.807, 2.05) is 16.8 Å². The van der Waals surface area contributed by atoms with Crippen LogP contribution in [-0.2, 0) is 0 Å². The van der Waals surface area contributed by atoms with E-state index in [0.29, 0.717) is 16.8 Å². The molecule has 0 amide bonds. The van der Waals surface area contributed by atoms with Crippen molar-refractivity contribution < 1.29 is 0 Å². The van der Waals surface area contributed by atoms with E-state index in [2.05, 4.69) is 15.5 Å². The lowest BCUT2D eigenvalue weighted by Gasteiger charge is -2.04. The molecule has 1 aromatic carbocycles. The van der Waals surface area contributed by atoms with E-state index >= 15 is 0 Å². The predicted octanol–water partition coefficient (Wildman–Crippen LogP) is 2.39. The van der Waals surface area contributed by atoms with Gasteiger partial charge in [0, 0.05) is 10.6 Å². The van der Waals surface area contributed by atoms with Gasteiger partial charge in [0.25, 0.3) is 0 Å². The van der Waals surface area contributed by atoms with Crippen LogP contribution in [-0.4, -0.2) is 20.2 Å². The molecule has 0 saturated heterocycles. The largest absolute Gasteiger partial charge is 0.399 e. The summed E-state index contributed by atoms with van der Waals surface area (Å²) in [7, 11) is 0. The first kappa shape index (κ1) is 10.9. The first-order valence-corrected chi connectivity index (χ1v) is 6.44. The van der Waals surface area contributed by atoms with E-state index in [1.165, 1.54) is 11.8 Å². The molecule has 1 aromatic heterocycles. The SMILES string of the molecule is Nc1ccc(Sc2nnnn2C2CC2)c(Cl)c1. The molecule has 0 atom stereocenters. The van der Waals surface area contributed by atoms with Crippen molar-refractivity contribution in [2.24, 2.45) is 0 Å². The maximum Gasteiger partial charge on any atom is 0.214 e. The molecule has 2 aromatic rings. The number of hydrogen-bond acceptors (Lipinski definition) is 5. The normalized spacial score (nSPS) is 15.1. The fourth-order valence-corrected chi connectivity index (χ4v) is 2.65. The van der Waals surface area contributed by atoms with Crippen molar-refractivity contribution in [3.05, 3.63) is 23.2 Å². The smallest absolute Gasteiger partial charge is 0.214 e. The van der Waals surface area contributed by atoms with Gasteiger partial charge >= 0.3 is 0 Å². The number of nitrogens with two attached hydrogens (primary N) is 1. The molecule has 3 rings (SSSR count). The van der Waals surface area contributed by atoms with Crippen LogP contribution in [0.15, 0.2) is 28.3 Å². The fraction of sp³-hybridized carbons (Fsp3) is 0.300. The lowest BCUT2D eigenvalue weighted by Crippen LogP contribution is -1.98. The lowest BCUT2D eigenvalue weighted by atomic mass is 10.3. The Morgan fingerprint density at radius 1 is 1.41 bits per heavy atom. The van der Waals surface area contributed by atoms with Gasteiger partial charge in [0.15, 0.2) is 0 Å². The molecule has 0 bridgehead atoms. The van der Waals surface area contributed by atoms with Crippen LogP contribution in [0, 0.1) is 0 Å². The third-order valence-electron chi connectivity index (χ3n) is 2.51. The number of hydrogen-bond donors (Lipinski definition) is 1. The van der Waals surface area contributed by atoms with E-state index in [4.69, 9.17) is 17.3 Å². The highest BCUT2D eigenvalue weighted by Gasteiger charge is 2.28. The molecule has 17 heavy (non-hydrogen) atoms. The lowest BCUT2D eigenvalue weighted by molar-refractivity contribution is 0.565. The molecule has 88 valence electrons. The zero-order chi connectivity index (χ0) is 11.8. The van der Waals surface area contributed by atoms with Crippen LogP contribution >= 0.6 is 23.4 Å². The summed E-state index contributed by atoms with van der Waals surface area (Å²) < 4.78 is 1.86. The topological polar surface area (TPSA) is 69.6 Å². The molecule has 1 heterocycles. The van der Waals surface area contributed by atoms with Crippen molar-refractivity contribution >= 4 is 29.1 Å². The molecule has 1 aliphatic rings. The average Bonchev–Trinajstić information content (AvgIpc) is 3.03. The molecule has 0 unspecified atom stereocenters. The monoisotopic (exact) mass is 267 g/mol. The van der Waals surface area contributed by atoms with Crippen molar-refractivity contribution in [1.29, 1.82) is 0 Å². The molecule has 1 fully saturated rings. The number of anilines is 1. The van der Waals surface area contributed by atoms with Crippen LogP contribution in [0.3, 0.4) is 0 Å². The number of benzene rings is 1. The van der Waals surface area contributed by atoms with Crippen LogP contribution in [0.25, 0.3) is 0 Å². The zero-order valence-electron chi connectivity index (χ0n) is 8.88. The van der Waals surface area contributed by atoms with Gasteiger partial charge in [-0.25, -0.2) is 4.68 Å². The van der Waals surface area contributed by atoms with E-state index in [1.54, 1.807) is 6.07 Å². The predicted molar refractivity (Wildman–Crippen MR) is 66.1 cm³/mol. The van der Waals surface area contributed by atoms with Gasteiger partial charge in [0.1, 0.15) is 0 Å². The molecule has 5 nitrogen and oxygen atoms in total. The Bertz CT molecular complexity index is 551. The van der Waals surface area contributed by atoms with Crippen LogP contribution in [0.1, 0.15) is 18.9 Å². The van der Waals surface area contributed by atoms with Gasteiger partial charge in [-0.3, -0.25) is 0 Å². The van der Waals surface area contributed by atoms with Gasteiger partial charge in [-0.1, -0.05) is 11.6 Å². The number of aromatic nitrogens is 4. The Hall–Kier alpha value is -1.27. The second kappa shape index (κ2) is 4.19. The Labute approximate surface area is 107 Å². The molecule has 1 saturated carbocycles. The summed E-state index contributed by atoms with van der Waals surface area (Å²) in [5.41, 5.74) is 6.30. The minimum absolute atomic E-state index is 0.458. The quantitative estimate of drug-likeness (QED) is 0.865. The van der Waals surface area contributed by atoms with E-state index in [-0.39, 0.29) is 0 Å². The highest BCUT2D eigenvalue weighted by atomic mass is 35.5. The number of nitrogen functional groups attached to an aromatic ring is 1. The van der Waals surface area contributed by atoms with Crippen molar-refractivity contribution in [1.82, 2.24) is 20.2 Å². The standard InChI is InChI=1S/C10H10ClN5S/c11-8-5-6(12)1-4-9(8)17-10-13-14-15-16(10)7-2-3-7/h1,4-5,7H,2-3,12H2.